The van der Waals surface area contributed by atoms with E-state index in [1.54, 1.807) is 0 Å². The van der Waals surface area contributed by atoms with Gasteiger partial charge in [0.2, 0.25) is 0 Å². The van der Waals surface area contributed by atoms with E-state index in [2.05, 4.69) is 26.0 Å². The van der Waals surface area contributed by atoms with Crippen LogP contribution in [0.25, 0.3) is 0 Å². The average Bonchev–Trinajstić information content (AvgIpc) is 2.98. The molecule has 0 amide bonds. The Hall–Kier alpha value is -0.870. The van der Waals surface area contributed by atoms with Gasteiger partial charge in [0.15, 0.2) is 0 Å². The van der Waals surface area contributed by atoms with Crippen molar-refractivity contribution in [3.63, 3.8) is 0 Å². The molecule has 3 rings (SSSR count). The largest absolute Gasteiger partial charge is 0.333 e. The predicted octanol–water partition coefficient (Wildman–Crippen LogP) is 1.09. The van der Waals surface area contributed by atoms with Gasteiger partial charge < -0.3 is 9.88 Å². The fraction of sp³-hybridized carbons (Fsp3) is 0.769. The molecule has 1 aromatic heterocycles. The molecular weight excluding hydrogens is 212 g/mol. The van der Waals surface area contributed by atoms with Gasteiger partial charge in [0.25, 0.3) is 0 Å². The van der Waals surface area contributed by atoms with Crippen molar-refractivity contribution in [2.75, 3.05) is 26.2 Å². The van der Waals surface area contributed by atoms with Gasteiger partial charge >= 0.3 is 0 Å². The van der Waals surface area contributed by atoms with E-state index in [1.165, 1.54) is 51.3 Å². The summed E-state index contributed by atoms with van der Waals surface area (Å²) in [5, 5.41) is 3.44. The van der Waals surface area contributed by atoms with E-state index in [9.17, 15) is 0 Å². The molecule has 1 saturated heterocycles. The first kappa shape index (κ1) is 11.2. The van der Waals surface area contributed by atoms with Crippen LogP contribution in [0.1, 0.15) is 25.1 Å². The van der Waals surface area contributed by atoms with E-state index in [1.807, 2.05) is 6.20 Å². The molecule has 4 heteroatoms. The molecule has 0 bridgehead atoms. The third-order valence-electron chi connectivity index (χ3n) is 4.07. The van der Waals surface area contributed by atoms with Gasteiger partial charge in [-0.25, -0.2) is 4.98 Å². The second-order valence-corrected chi connectivity index (χ2v) is 5.31. The van der Waals surface area contributed by atoms with E-state index in [-0.39, 0.29) is 0 Å². The lowest BCUT2D eigenvalue weighted by molar-refractivity contribution is 0.209. The minimum Gasteiger partial charge on any atom is -0.333 e. The number of imidazole rings is 1. The zero-order valence-electron chi connectivity index (χ0n) is 10.4. The van der Waals surface area contributed by atoms with Crippen LogP contribution < -0.4 is 5.32 Å². The van der Waals surface area contributed by atoms with Crippen LogP contribution in [-0.4, -0.2) is 40.6 Å². The molecule has 0 aromatic carbocycles. The number of hydrogen-bond acceptors (Lipinski definition) is 3. The predicted molar refractivity (Wildman–Crippen MR) is 67.7 cm³/mol. The van der Waals surface area contributed by atoms with E-state index in [0.29, 0.717) is 0 Å². The fourth-order valence-electron chi connectivity index (χ4n) is 2.98. The summed E-state index contributed by atoms with van der Waals surface area (Å²) in [6.07, 6.45) is 8.12. The van der Waals surface area contributed by atoms with Crippen LogP contribution in [0.3, 0.4) is 0 Å². The third-order valence-corrected chi connectivity index (χ3v) is 4.07. The summed E-state index contributed by atoms with van der Waals surface area (Å²) in [4.78, 5) is 6.95. The Morgan fingerprint density at radius 3 is 3.29 bits per heavy atom. The standard InChI is InChI=1S/C13H22N4/c1(2-12-3-4-14-10-12)6-16-8-9-17-7-5-15-13(17)11-16/h5,7,12,14H,1-4,6,8-11H2. The van der Waals surface area contributed by atoms with Crippen molar-refractivity contribution in [2.24, 2.45) is 5.92 Å². The van der Waals surface area contributed by atoms with Crippen molar-refractivity contribution >= 4 is 0 Å². The first-order valence-electron chi connectivity index (χ1n) is 6.85. The summed E-state index contributed by atoms with van der Waals surface area (Å²) in [7, 11) is 0. The van der Waals surface area contributed by atoms with Gasteiger partial charge in [-0.15, -0.1) is 0 Å². The smallest absolute Gasteiger partial charge is 0.122 e. The number of nitrogens with one attached hydrogen (secondary N) is 1. The Kier molecular flexibility index (Phi) is 3.43. The molecular formula is C13H22N4. The molecule has 1 N–H and O–H groups in total. The molecule has 1 atom stereocenters. The maximum Gasteiger partial charge on any atom is 0.122 e. The summed E-state index contributed by atoms with van der Waals surface area (Å²) >= 11 is 0. The van der Waals surface area contributed by atoms with Gasteiger partial charge in [-0.2, -0.15) is 0 Å². The zero-order chi connectivity index (χ0) is 11.5. The summed E-state index contributed by atoms with van der Waals surface area (Å²) < 4.78 is 2.28. The second-order valence-electron chi connectivity index (χ2n) is 5.31. The van der Waals surface area contributed by atoms with Gasteiger partial charge in [0.1, 0.15) is 5.82 Å². The fourth-order valence-corrected chi connectivity index (χ4v) is 2.98. The zero-order valence-corrected chi connectivity index (χ0v) is 10.4. The van der Waals surface area contributed by atoms with Crippen molar-refractivity contribution in [1.82, 2.24) is 19.8 Å². The lowest BCUT2D eigenvalue weighted by atomic mass is 10.0. The average molecular weight is 234 g/mol. The van der Waals surface area contributed by atoms with Gasteiger partial charge in [-0.05, 0) is 44.8 Å². The molecule has 1 unspecified atom stereocenters. The quantitative estimate of drug-likeness (QED) is 0.846. The van der Waals surface area contributed by atoms with E-state index in [4.69, 9.17) is 0 Å². The van der Waals surface area contributed by atoms with Crippen molar-refractivity contribution in [1.29, 1.82) is 0 Å². The molecule has 0 saturated carbocycles. The molecule has 2 aliphatic heterocycles. The Morgan fingerprint density at radius 2 is 2.41 bits per heavy atom. The topological polar surface area (TPSA) is 33.1 Å². The van der Waals surface area contributed by atoms with Gasteiger partial charge in [-0.1, -0.05) is 0 Å². The van der Waals surface area contributed by atoms with Gasteiger partial charge in [0, 0.05) is 25.5 Å². The number of hydrogen-bond donors (Lipinski definition) is 1. The van der Waals surface area contributed by atoms with Crippen LogP contribution in [-0.2, 0) is 13.1 Å². The van der Waals surface area contributed by atoms with Gasteiger partial charge in [0.05, 0.1) is 6.54 Å². The van der Waals surface area contributed by atoms with Crippen molar-refractivity contribution in [3.8, 4) is 0 Å². The molecule has 0 aliphatic carbocycles. The maximum absolute atomic E-state index is 4.40. The molecule has 17 heavy (non-hydrogen) atoms. The van der Waals surface area contributed by atoms with Crippen molar-refractivity contribution in [3.05, 3.63) is 18.2 Å². The molecule has 0 spiro atoms. The maximum atomic E-state index is 4.40. The number of aromatic nitrogens is 2. The van der Waals surface area contributed by atoms with Crippen LogP contribution >= 0.6 is 0 Å². The Bertz CT molecular complexity index is 354. The normalized spacial score (nSPS) is 25.1. The van der Waals surface area contributed by atoms with Crippen molar-refractivity contribution < 1.29 is 0 Å². The van der Waals surface area contributed by atoms with E-state index in [0.717, 1.165) is 19.0 Å². The van der Waals surface area contributed by atoms with E-state index < -0.39 is 0 Å². The first-order chi connectivity index (χ1) is 8.42. The van der Waals surface area contributed by atoms with Crippen molar-refractivity contribution in [2.45, 2.75) is 32.4 Å². The minimum absolute atomic E-state index is 0.932. The van der Waals surface area contributed by atoms with Crippen LogP contribution in [0.5, 0.6) is 0 Å². The lowest BCUT2D eigenvalue weighted by Crippen LogP contribution is -2.34. The number of nitrogens with zero attached hydrogens (tertiary/aromatic N) is 3. The van der Waals surface area contributed by atoms with E-state index >= 15 is 0 Å². The third kappa shape index (κ3) is 2.69. The Labute approximate surface area is 103 Å². The highest BCUT2D eigenvalue weighted by atomic mass is 15.2. The molecule has 1 aromatic rings. The number of fused-ring (bicyclic) bond motifs is 1. The summed E-state index contributed by atoms with van der Waals surface area (Å²) in [6, 6.07) is 0. The molecule has 0 radical (unpaired) electrons. The molecule has 2 aliphatic rings. The molecule has 4 nitrogen and oxygen atoms in total. The summed E-state index contributed by atoms with van der Waals surface area (Å²) in [5.41, 5.74) is 0. The highest BCUT2D eigenvalue weighted by molar-refractivity contribution is 4.95. The summed E-state index contributed by atoms with van der Waals surface area (Å²) in [5.74, 6) is 2.17. The highest BCUT2D eigenvalue weighted by Crippen LogP contribution is 2.16. The summed E-state index contributed by atoms with van der Waals surface area (Å²) in [6.45, 7) is 7.04. The minimum atomic E-state index is 0.932. The molecule has 1 fully saturated rings. The molecule has 3 heterocycles. The Balaban J connectivity index is 1.41. The first-order valence-corrected chi connectivity index (χ1v) is 6.85. The Morgan fingerprint density at radius 1 is 1.41 bits per heavy atom. The van der Waals surface area contributed by atoms with Crippen LogP contribution in [0.4, 0.5) is 0 Å². The monoisotopic (exact) mass is 234 g/mol. The second kappa shape index (κ2) is 5.19. The highest BCUT2D eigenvalue weighted by Gasteiger charge is 2.17. The molecule has 94 valence electrons. The number of rotatable bonds is 4. The van der Waals surface area contributed by atoms with Crippen LogP contribution in [0, 0.1) is 5.92 Å². The lowest BCUT2D eigenvalue weighted by Gasteiger charge is -2.27. The van der Waals surface area contributed by atoms with Gasteiger partial charge in [-0.3, -0.25) is 4.90 Å². The van der Waals surface area contributed by atoms with Crippen LogP contribution in [0.15, 0.2) is 12.4 Å². The SMILES string of the molecule is c1cn2c(n1)CN(CCCC1CCNC1)CC2. The van der Waals surface area contributed by atoms with Crippen LogP contribution in [0.2, 0.25) is 0 Å².